The summed E-state index contributed by atoms with van der Waals surface area (Å²) in [6, 6.07) is 0.227. The van der Waals surface area contributed by atoms with Crippen LogP contribution in [0.2, 0.25) is 0 Å². The Bertz CT molecular complexity index is 179. The molecule has 0 heterocycles. The van der Waals surface area contributed by atoms with Crippen LogP contribution >= 0.6 is 0 Å². The van der Waals surface area contributed by atoms with Crippen LogP contribution in [0.25, 0.3) is 0 Å². The third kappa shape index (κ3) is 8.68. The number of carbonyl (C=O) groups excluding carboxylic acids is 1. The molecule has 0 aromatic heterocycles. The first kappa shape index (κ1) is 15.4. The van der Waals surface area contributed by atoms with Gasteiger partial charge < -0.3 is 15.5 Å². The van der Waals surface area contributed by atoms with Crippen LogP contribution in [0.3, 0.4) is 0 Å². The van der Waals surface area contributed by atoms with Gasteiger partial charge in [0.05, 0.1) is 6.54 Å². The molecule has 1 amide bonds. The lowest BCUT2D eigenvalue weighted by molar-refractivity contribution is -0.120. The quantitative estimate of drug-likeness (QED) is 0.576. The van der Waals surface area contributed by atoms with Gasteiger partial charge in [-0.2, -0.15) is 0 Å². The van der Waals surface area contributed by atoms with E-state index in [1.54, 1.807) is 0 Å². The Labute approximate surface area is 99.8 Å². The number of nitrogens with zero attached hydrogens (tertiary/aromatic N) is 1. The number of carbonyl (C=O) groups is 1. The molecule has 4 heteroatoms. The highest BCUT2D eigenvalue weighted by molar-refractivity contribution is 5.78. The van der Waals surface area contributed by atoms with Crippen molar-refractivity contribution in [1.82, 2.24) is 15.5 Å². The molecule has 0 rings (SSSR count). The van der Waals surface area contributed by atoms with Crippen molar-refractivity contribution in [2.24, 2.45) is 0 Å². The van der Waals surface area contributed by atoms with Crippen LogP contribution in [0.15, 0.2) is 0 Å². The van der Waals surface area contributed by atoms with Gasteiger partial charge in [-0.05, 0) is 46.4 Å². The van der Waals surface area contributed by atoms with E-state index in [-0.39, 0.29) is 11.9 Å². The van der Waals surface area contributed by atoms with E-state index in [4.69, 9.17) is 0 Å². The molecule has 0 bridgehead atoms. The monoisotopic (exact) mass is 229 g/mol. The molecule has 2 N–H and O–H groups in total. The predicted octanol–water partition coefficient (Wildman–Crippen LogP) is 0.833. The molecular weight excluding hydrogens is 202 g/mol. The summed E-state index contributed by atoms with van der Waals surface area (Å²) in [4.78, 5) is 13.7. The topological polar surface area (TPSA) is 44.4 Å². The van der Waals surface area contributed by atoms with Gasteiger partial charge in [0.25, 0.3) is 0 Å². The van der Waals surface area contributed by atoms with E-state index in [1.807, 2.05) is 13.8 Å². The molecule has 0 spiro atoms. The van der Waals surface area contributed by atoms with Crippen molar-refractivity contribution in [3.05, 3.63) is 0 Å². The van der Waals surface area contributed by atoms with Crippen LogP contribution in [0.5, 0.6) is 0 Å². The van der Waals surface area contributed by atoms with Gasteiger partial charge in [0.1, 0.15) is 0 Å². The lowest BCUT2D eigenvalue weighted by Crippen LogP contribution is -2.38. The van der Waals surface area contributed by atoms with Gasteiger partial charge in [-0.1, -0.05) is 13.8 Å². The molecule has 0 aliphatic carbocycles. The van der Waals surface area contributed by atoms with Gasteiger partial charge in [-0.25, -0.2) is 0 Å². The first-order valence-corrected chi connectivity index (χ1v) is 6.32. The summed E-state index contributed by atoms with van der Waals surface area (Å²) in [5.41, 5.74) is 0. The van der Waals surface area contributed by atoms with Crippen molar-refractivity contribution in [2.45, 2.75) is 40.2 Å². The molecule has 4 nitrogen and oxygen atoms in total. The molecule has 96 valence electrons. The maximum atomic E-state index is 11.3. The van der Waals surface area contributed by atoms with Crippen LogP contribution in [0, 0.1) is 0 Å². The van der Waals surface area contributed by atoms with Crippen molar-refractivity contribution in [2.75, 3.05) is 32.7 Å². The number of nitrogens with one attached hydrogen (secondary N) is 2. The zero-order chi connectivity index (χ0) is 12.4. The highest BCUT2D eigenvalue weighted by atomic mass is 16.1. The molecule has 0 saturated carbocycles. The Balaban J connectivity index is 3.36. The van der Waals surface area contributed by atoms with Gasteiger partial charge in [-0.3, -0.25) is 4.79 Å². The Morgan fingerprint density at radius 3 is 2.38 bits per heavy atom. The van der Waals surface area contributed by atoms with E-state index in [2.05, 4.69) is 29.4 Å². The van der Waals surface area contributed by atoms with Crippen LogP contribution in [0.4, 0.5) is 0 Å². The minimum atomic E-state index is 0.0813. The van der Waals surface area contributed by atoms with E-state index in [0.717, 1.165) is 32.6 Å². The Morgan fingerprint density at radius 2 is 1.88 bits per heavy atom. The van der Waals surface area contributed by atoms with Crippen LogP contribution < -0.4 is 10.6 Å². The third-order valence-corrected chi connectivity index (χ3v) is 2.46. The molecule has 16 heavy (non-hydrogen) atoms. The normalized spacial score (nSPS) is 11.1. The molecule has 0 fully saturated rings. The number of hydrogen-bond acceptors (Lipinski definition) is 3. The maximum absolute atomic E-state index is 11.3. The zero-order valence-corrected chi connectivity index (χ0v) is 11.2. The van der Waals surface area contributed by atoms with E-state index >= 15 is 0 Å². The number of hydrogen-bond donors (Lipinski definition) is 2. The van der Waals surface area contributed by atoms with E-state index in [1.165, 1.54) is 0 Å². The molecule has 0 aromatic rings. The van der Waals surface area contributed by atoms with Crippen molar-refractivity contribution in [3.63, 3.8) is 0 Å². The standard InChI is InChI=1S/C12H27N3O/c1-5-15(6-2)9-7-8-13-10-12(16)14-11(3)4/h11,13H,5-10H2,1-4H3,(H,14,16). The molecule has 0 unspecified atom stereocenters. The average molecular weight is 229 g/mol. The first-order chi connectivity index (χ1) is 7.60. The van der Waals surface area contributed by atoms with E-state index < -0.39 is 0 Å². The molecule has 0 saturated heterocycles. The van der Waals surface area contributed by atoms with Gasteiger partial charge >= 0.3 is 0 Å². The first-order valence-electron chi connectivity index (χ1n) is 6.32. The Hall–Kier alpha value is -0.610. The largest absolute Gasteiger partial charge is 0.353 e. The SMILES string of the molecule is CCN(CC)CCCNCC(=O)NC(C)C. The summed E-state index contributed by atoms with van der Waals surface area (Å²) in [6.07, 6.45) is 1.09. The van der Waals surface area contributed by atoms with Gasteiger partial charge in [-0.15, -0.1) is 0 Å². The van der Waals surface area contributed by atoms with Crippen LogP contribution in [0.1, 0.15) is 34.1 Å². The van der Waals surface area contributed by atoms with Crippen LogP contribution in [-0.4, -0.2) is 49.6 Å². The fourth-order valence-electron chi connectivity index (χ4n) is 1.54. The highest BCUT2D eigenvalue weighted by Crippen LogP contribution is 1.89. The summed E-state index contributed by atoms with van der Waals surface area (Å²) in [5.74, 6) is 0.0813. The lowest BCUT2D eigenvalue weighted by Gasteiger charge is -2.17. The fourth-order valence-corrected chi connectivity index (χ4v) is 1.54. The lowest BCUT2D eigenvalue weighted by atomic mass is 10.3. The summed E-state index contributed by atoms with van der Waals surface area (Å²) in [7, 11) is 0. The second-order valence-corrected chi connectivity index (χ2v) is 4.28. The summed E-state index contributed by atoms with van der Waals surface area (Å²) < 4.78 is 0. The van der Waals surface area contributed by atoms with E-state index in [9.17, 15) is 4.79 Å². The zero-order valence-electron chi connectivity index (χ0n) is 11.2. The summed E-state index contributed by atoms with van der Waals surface area (Å²) >= 11 is 0. The van der Waals surface area contributed by atoms with Gasteiger partial charge in [0, 0.05) is 6.04 Å². The third-order valence-electron chi connectivity index (χ3n) is 2.46. The molecule has 0 aliphatic heterocycles. The Kier molecular flexibility index (Phi) is 9.24. The maximum Gasteiger partial charge on any atom is 0.234 e. The fraction of sp³-hybridized carbons (Fsp3) is 0.917. The molecule has 0 radical (unpaired) electrons. The predicted molar refractivity (Wildman–Crippen MR) is 68.6 cm³/mol. The van der Waals surface area contributed by atoms with E-state index in [0.29, 0.717) is 6.54 Å². The second-order valence-electron chi connectivity index (χ2n) is 4.28. The highest BCUT2D eigenvalue weighted by Gasteiger charge is 2.02. The minimum Gasteiger partial charge on any atom is -0.353 e. The van der Waals surface area contributed by atoms with Crippen molar-refractivity contribution in [1.29, 1.82) is 0 Å². The molecule has 0 atom stereocenters. The summed E-state index contributed by atoms with van der Waals surface area (Å²) in [5, 5.41) is 6.01. The minimum absolute atomic E-state index is 0.0813. The molecule has 0 aliphatic rings. The van der Waals surface area contributed by atoms with Crippen molar-refractivity contribution < 1.29 is 4.79 Å². The van der Waals surface area contributed by atoms with Crippen molar-refractivity contribution in [3.8, 4) is 0 Å². The Morgan fingerprint density at radius 1 is 1.25 bits per heavy atom. The number of amides is 1. The van der Waals surface area contributed by atoms with Crippen LogP contribution in [-0.2, 0) is 4.79 Å². The van der Waals surface area contributed by atoms with Gasteiger partial charge in [0.15, 0.2) is 0 Å². The van der Waals surface area contributed by atoms with Gasteiger partial charge in [0.2, 0.25) is 5.91 Å². The smallest absolute Gasteiger partial charge is 0.234 e. The van der Waals surface area contributed by atoms with Crippen molar-refractivity contribution >= 4 is 5.91 Å². The second kappa shape index (κ2) is 9.60. The average Bonchev–Trinajstić information content (AvgIpc) is 2.22. The number of rotatable bonds is 9. The molecule has 0 aromatic carbocycles. The summed E-state index contributed by atoms with van der Waals surface area (Å²) in [6.45, 7) is 12.9. The molecular formula is C12H27N3O.